The number of rotatable bonds is 7. The van der Waals surface area contributed by atoms with E-state index in [9.17, 15) is 9.90 Å². The molecule has 0 fully saturated rings. The third kappa shape index (κ3) is 3.83. The van der Waals surface area contributed by atoms with Crippen molar-refractivity contribution in [3.05, 3.63) is 36.0 Å². The lowest BCUT2D eigenvalue weighted by Gasteiger charge is -2.16. The van der Waals surface area contributed by atoms with Crippen molar-refractivity contribution in [2.24, 2.45) is 0 Å². The van der Waals surface area contributed by atoms with Gasteiger partial charge in [0.2, 0.25) is 5.91 Å². The van der Waals surface area contributed by atoms with Crippen molar-refractivity contribution in [2.75, 3.05) is 20.3 Å². The monoisotopic (exact) mass is 290 g/mol. The van der Waals surface area contributed by atoms with Crippen molar-refractivity contribution in [1.29, 1.82) is 0 Å². The van der Waals surface area contributed by atoms with Crippen LogP contribution >= 0.6 is 0 Å². The zero-order valence-corrected chi connectivity index (χ0v) is 12.5. The lowest BCUT2D eigenvalue weighted by molar-refractivity contribution is -0.122. The summed E-state index contributed by atoms with van der Waals surface area (Å²) in [6, 6.07) is 7.75. The van der Waals surface area contributed by atoms with E-state index < -0.39 is 0 Å². The van der Waals surface area contributed by atoms with Crippen molar-refractivity contribution in [2.45, 2.75) is 25.9 Å². The van der Waals surface area contributed by atoms with Gasteiger partial charge in [0.15, 0.2) is 0 Å². The molecule has 0 aliphatic heterocycles. The lowest BCUT2D eigenvalue weighted by Crippen LogP contribution is -2.40. The predicted molar refractivity (Wildman–Crippen MR) is 82.2 cm³/mol. The summed E-state index contributed by atoms with van der Waals surface area (Å²) >= 11 is 0. The Balaban J connectivity index is 2.04. The molecule has 0 unspecified atom stereocenters. The van der Waals surface area contributed by atoms with Gasteiger partial charge in [-0.15, -0.1) is 0 Å². The molecular weight excluding hydrogens is 268 g/mol. The van der Waals surface area contributed by atoms with Crippen LogP contribution in [0.25, 0.3) is 10.9 Å². The minimum absolute atomic E-state index is 0.0828. The molecule has 0 spiro atoms. The highest BCUT2D eigenvalue weighted by Crippen LogP contribution is 2.20. The average Bonchev–Trinajstić information content (AvgIpc) is 2.80. The Labute approximate surface area is 124 Å². The van der Waals surface area contributed by atoms with Crippen LogP contribution in [0.3, 0.4) is 0 Å². The molecule has 5 nitrogen and oxygen atoms in total. The van der Waals surface area contributed by atoms with Gasteiger partial charge < -0.3 is 19.7 Å². The maximum absolute atomic E-state index is 12.1. The number of amides is 1. The molecule has 2 aromatic rings. The minimum atomic E-state index is -0.264. The second kappa shape index (κ2) is 7.24. The minimum Gasteiger partial charge on any atom is -0.394 e. The zero-order chi connectivity index (χ0) is 15.2. The van der Waals surface area contributed by atoms with Crippen LogP contribution in [0, 0.1) is 6.92 Å². The number of hydrogen-bond donors (Lipinski definition) is 2. The third-order valence-electron chi connectivity index (χ3n) is 3.56. The molecule has 1 heterocycles. The number of aliphatic hydroxyl groups is 1. The zero-order valence-electron chi connectivity index (χ0n) is 12.5. The first-order valence-corrected chi connectivity index (χ1v) is 7.09. The van der Waals surface area contributed by atoms with Crippen LogP contribution < -0.4 is 5.32 Å². The Kier molecular flexibility index (Phi) is 5.36. The van der Waals surface area contributed by atoms with E-state index in [1.807, 2.05) is 42.0 Å². The number of carbonyl (C=O) groups is 1. The van der Waals surface area contributed by atoms with Crippen LogP contribution in [-0.2, 0) is 16.1 Å². The van der Waals surface area contributed by atoms with E-state index in [-0.39, 0.29) is 25.1 Å². The first kappa shape index (κ1) is 15.5. The maximum atomic E-state index is 12.1. The summed E-state index contributed by atoms with van der Waals surface area (Å²) in [5, 5.41) is 13.3. The van der Waals surface area contributed by atoms with E-state index in [2.05, 4.69) is 5.32 Å². The number of para-hydroxylation sites is 1. The van der Waals surface area contributed by atoms with Crippen molar-refractivity contribution in [3.63, 3.8) is 0 Å². The highest BCUT2D eigenvalue weighted by Gasteiger charge is 2.13. The van der Waals surface area contributed by atoms with Gasteiger partial charge in [0.1, 0.15) is 6.54 Å². The van der Waals surface area contributed by atoms with Crippen LogP contribution in [0.2, 0.25) is 0 Å². The first-order chi connectivity index (χ1) is 10.2. The quantitative estimate of drug-likeness (QED) is 0.811. The van der Waals surface area contributed by atoms with Gasteiger partial charge in [-0.25, -0.2) is 0 Å². The van der Waals surface area contributed by atoms with Crippen LogP contribution in [0.4, 0.5) is 0 Å². The van der Waals surface area contributed by atoms with Crippen LogP contribution in [0.1, 0.15) is 12.0 Å². The molecule has 0 bridgehead atoms. The summed E-state index contributed by atoms with van der Waals surface area (Å²) in [5.74, 6) is -0.106. The summed E-state index contributed by atoms with van der Waals surface area (Å²) < 4.78 is 6.90. The topological polar surface area (TPSA) is 63.5 Å². The molecule has 114 valence electrons. The number of ether oxygens (including phenoxy) is 1. The van der Waals surface area contributed by atoms with Gasteiger partial charge >= 0.3 is 0 Å². The van der Waals surface area contributed by atoms with E-state index in [0.717, 1.165) is 16.5 Å². The molecule has 0 radical (unpaired) electrons. The van der Waals surface area contributed by atoms with Gasteiger partial charge in [0.25, 0.3) is 0 Å². The summed E-state index contributed by atoms with van der Waals surface area (Å²) in [6.45, 7) is 2.71. The van der Waals surface area contributed by atoms with Gasteiger partial charge in [0, 0.05) is 30.8 Å². The fourth-order valence-electron chi connectivity index (χ4n) is 2.46. The van der Waals surface area contributed by atoms with Crippen molar-refractivity contribution >= 4 is 16.8 Å². The van der Waals surface area contributed by atoms with Crippen LogP contribution in [0.15, 0.2) is 30.5 Å². The number of nitrogens with zero attached hydrogens (tertiary/aromatic N) is 1. The van der Waals surface area contributed by atoms with Gasteiger partial charge in [-0.2, -0.15) is 0 Å². The lowest BCUT2D eigenvalue weighted by atomic mass is 10.2. The summed E-state index contributed by atoms with van der Waals surface area (Å²) in [5.41, 5.74) is 2.19. The number of fused-ring (bicyclic) bond motifs is 1. The summed E-state index contributed by atoms with van der Waals surface area (Å²) in [4.78, 5) is 12.1. The number of aliphatic hydroxyl groups excluding tert-OH is 1. The normalized spacial score (nSPS) is 12.5. The molecule has 1 atom stereocenters. The molecule has 0 aliphatic rings. The highest BCUT2D eigenvalue weighted by atomic mass is 16.5. The van der Waals surface area contributed by atoms with Crippen molar-refractivity contribution in [3.8, 4) is 0 Å². The average molecular weight is 290 g/mol. The molecule has 1 aromatic heterocycles. The number of aryl methyl sites for hydroxylation is 1. The molecule has 21 heavy (non-hydrogen) atoms. The molecule has 2 rings (SSSR count). The number of nitrogens with one attached hydrogen (secondary N) is 1. The van der Waals surface area contributed by atoms with Crippen molar-refractivity contribution in [1.82, 2.24) is 9.88 Å². The molecule has 1 aromatic carbocycles. The van der Waals surface area contributed by atoms with E-state index in [0.29, 0.717) is 13.0 Å². The largest absolute Gasteiger partial charge is 0.394 e. The fourth-order valence-corrected chi connectivity index (χ4v) is 2.46. The molecule has 2 N–H and O–H groups in total. The summed E-state index contributed by atoms with van der Waals surface area (Å²) in [6.07, 6.45) is 2.58. The fraction of sp³-hybridized carbons (Fsp3) is 0.438. The Morgan fingerprint density at radius 3 is 2.90 bits per heavy atom. The predicted octanol–water partition coefficient (Wildman–Crippen LogP) is 1.46. The summed E-state index contributed by atoms with van der Waals surface area (Å²) in [7, 11) is 1.60. The van der Waals surface area contributed by atoms with Crippen molar-refractivity contribution < 1.29 is 14.6 Å². The Hall–Kier alpha value is -1.85. The maximum Gasteiger partial charge on any atom is 0.240 e. The SMILES string of the molecule is COCC[C@H](CO)NC(=O)Cn1cc(C)c2ccccc21. The standard InChI is InChI=1S/C16H22N2O3/c1-12-9-18(15-6-4-3-5-14(12)15)10-16(20)17-13(11-19)7-8-21-2/h3-6,9,13,19H,7-8,10-11H2,1-2H3,(H,17,20)/t13-/m1/s1. The molecule has 1 amide bonds. The van der Waals surface area contributed by atoms with E-state index in [1.54, 1.807) is 7.11 Å². The Morgan fingerprint density at radius 1 is 1.43 bits per heavy atom. The van der Waals surface area contributed by atoms with E-state index in [1.165, 1.54) is 0 Å². The smallest absolute Gasteiger partial charge is 0.240 e. The number of benzene rings is 1. The van der Waals surface area contributed by atoms with Gasteiger partial charge in [-0.05, 0) is 25.0 Å². The second-order valence-electron chi connectivity index (χ2n) is 5.19. The van der Waals surface area contributed by atoms with E-state index >= 15 is 0 Å². The van der Waals surface area contributed by atoms with Crippen LogP contribution in [-0.4, -0.2) is 41.9 Å². The van der Waals surface area contributed by atoms with Gasteiger partial charge in [0.05, 0.1) is 12.6 Å². The van der Waals surface area contributed by atoms with Gasteiger partial charge in [-0.1, -0.05) is 18.2 Å². The molecule has 0 saturated carbocycles. The van der Waals surface area contributed by atoms with E-state index in [4.69, 9.17) is 4.74 Å². The highest BCUT2D eigenvalue weighted by molar-refractivity contribution is 5.86. The molecule has 5 heteroatoms. The molecule has 0 saturated heterocycles. The number of carbonyl (C=O) groups excluding carboxylic acids is 1. The number of hydrogen-bond acceptors (Lipinski definition) is 3. The third-order valence-corrected chi connectivity index (χ3v) is 3.56. The first-order valence-electron chi connectivity index (χ1n) is 7.09. The number of methoxy groups -OCH3 is 1. The number of aromatic nitrogens is 1. The van der Waals surface area contributed by atoms with Crippen LogP contribution in [0.5, 0.6) is 0 Å². The Bertz CT molecular complexity index is 607. The second-order valence-corrected chi connectivity index (χ2v) is 5.19. The van der Waals surface area contributed by atoms with Gasteiger partial charge in [-0.3, -0.25) is 4.79 Å². The Morgan fingerprint density at radius 2 is 2.19 bits per heavy atom. The molecule has 0 aliphatic carbocycles. The molecular formula is C16H22N2O3.